The zero-order chi connectivity index (χ0) is 11.1. The van der Waals surface area contributed by atoms with E-state index in [4.69, 9.17) is 15.2 Å². The van der Waals surface area contributed by atoms with Crippen LogP contribution in [0.2, 0.25) is 0 Å². The van der Waals surface area contributed by atoms with E-state index in [0.717, 1.165) is 17.9 Å². The summed E-state index contributed by atoms with van der Waals surface area (Å²) in [5.74, 6) is 1.63. The number of ether oxygens (including phenoxy) is 2. The van der Waals surface area contributed by atoms with Crippen LogP contribution in [0.5, 0.6) is 11.5 Å². The molecule has 1 aromatic carbocycles. The SMILES string of the molecule is BC1(B)Oc2ccc(C[C@H](C)N)cc2O1. The summed E-state index contributed by atoms with van der Waals surface area (Å²) in [5.41, 5.74) is 6.39. The fraction of sp³-hybridized carbons (Fsp3) is 0.400. The minimum atomic E-state index is -0.546. The number of benzene rings is 1. The zero-order valence-electron chi connectivity index (χ0n) is 9.41. The van der Waals surface area contributed by atoms with Gasteiger partial charge in [-0.3, -0.25) is 0 Å². The van der Waals surface area contributed by atoms with Crippen LogP contribution < -0.4 is 15.2 Å². The maximum atomic E-state index is 5.75. The van der Waals surface area contributed by atoms with Gasteiger partial charge in [-0.1, -0.05) is 6.07 Å². The first-order valence-electron chi connectivity index (χ1n) is 5.23. The summed E-state index contributed by atoms with van der Waals surface area (Å²) in [4.78, 5) is 0. The molecule has 78 valence electrons. The average Bonchev–Trinajstić information content (AvgIpc) is 2.36. The topological polar surface area (TPSA) is 44.5 Å². The van der Waals surface area contributed by atoms with E-state index in [-0.39, 0.29) is 6.04 Å². The molecule has 1 aliphatic rings. The lowest BCUT2D eigenvalue weighted by Gasteiger charge is -2.17. The van der Waals surface area contributed by atoms with Gasteiger partial charge in [0.15, 0.2) is 32.8 Å². The van der Waals surface area contributed by atoms with Crippen LogP contribution in [0.15, 0.2) is 18.2 Å². The summed E-state index contributed by atoms with van der Waals surface area (Å²) >= 11 is 0. The molecule has 0 bridgehead atoms. The molecule has 5 heteroatoms. The number of rotatable bonds is 2. The van der Waals surface area contributed by atoms with Crippen molar-refractivity contribution in [1.29, 1.82) is 0 Å². The predicted molar refractivity (Wildman–Crippen MR) is 64.9 cm³/mol. The molecule has 0 aliphatic carbocycles. The van der Waals surface area contributed by atoms with Crippen LogP contribution in [-0.2, 0) is 6.42 Å². The van der Waals surface area contributed by atoms with E-state index in [1.165, 1.54) is 5.56 Å². The van der Waals surface area contributed by atoms with Crippen LogP contribution in [0.4, 0.5) is 0 Å². The number of hydrogen-bond donors (Lipinski definition) is 1. The quantitative estimate of drug-likeness (QED) is 0.641. The maximum absolute atomic E-state index is 5.75. The highest BCUT2D eigenvalue weighted by Crippen LogP contribution is 2.37. The lowest BCUT2D eigenvalue weighted by Crippen LogP contribution is -2.39. The van der Waals surface area contributed by atoms with Crippen LogP contribution >= 0.6 is 0 Å². The summed E-state index contributed by atoms with van der Waals surface area (Å²) < 4.78 is 11.3. The van der Waals surface area contributed by atoms with E-state index in [9.17, 15) is 0 Å². The van der Waals surface area contributed by atoms with E-state index < -0.39 is 5.59 Å². The summed E-state index contributed by atoms with van der Waals surface area (Å²) in [7, 11) is 3.80. The van der Waals surface area contributed by atoms with Gasteiger partial charge in [-0.25, -0.2) is 0 Å². The lowest BCUT2D eigenvalue weighted by molar-refractivity contribution is 0.0833. The second-order valence-electron chi connectivity index (χ2n) is 4.57. The van der Waals surface area contributed by atoms with E-state index in [0.29, 0.717) is 0 Å². The highest BCUT2D eigenvalue weighted by molar-refractivity contribution is 6.38. The second-order valence-corrected chi connectivity index (χ2v) is 4.57. The highest BCUT2D eigenvalue weighted by Gasteiger charge is 2.30. The van der Waals surface area contributed by atoms with E-state index in [2.05, 4.69) is 0 Å². The fourth-order valence-electron chi connectivity index (χ4n) is 1.77. The lowest BCUT2D eigenvalue weighted by atomic mass is 9.76. The van der Waals surface area contributed by atoms with Crippen molar-refractivity contribution in [2.45, 2.75) is 25.0 Å². The van der Waals surface area contributed by atoms with Crippen molar-refractivity contribution in [2.24, 2.45) is 5.73 Å². The Kier molecular flexibility index (Phi) is 2.43. The van der Waals surface area contributed by atoms with Gasteiger partial charge in [-0.05, 0) is 31.0 Å². The summed E-state index contributed by atoms with van der Waals surface area (Å²) in [6.45, 7) is 1.99. The first-order chi connectivity index (χ1) is 6.96. The Balaban J connectivity index is 2.23. The Morgan fingerprint density at radius 2 is 2.00 bits per heavy atom. The average molecular weight is 203 g/mol. The van der Waals surface area contributed by atoms with Crippen molar-refractivity contribution >= 4 is 15.7 Å². The first kappa shape index (κ1) is 10.4. The van der Waals surface area contributed by atoms with Crippen molar-refractivity contribution in [3.8, 4) is 11.5 Å². The molecule has 1 heterocycles. The first-order valence-corrected chi connectivity index (χ1v) is 5.23. The Hall–Kier alpha value is -1.09. The third kappa shape index (κ3) is 2.29. The van der Waals surface area contributed by atoms with Gasteiger partial charge >= 0.3 is 0 Å². The minimum absolute atomic E-state index is 0.165. The molecule has 0 aromatic heterocycles. The largest absolute Gasteiger partial charge is 0.467 e. The van der Waals surface area contributed by atoms with Crippen LogP contribution in [-0.4, -0.2) is 27.3 Å². The van der Waals surface area contributed by atoms with Crippen LogP contribution in [0.1, 0.15) is 12.5 Å². The summed E-state index contributed by atoms with van der Waals surface area (Å²) in [6, 6.07) is 6.15. The molecule has 0 radical (unpaired) electrons. The minimum Gasteiger partial charge on any atom is -0.467 e. The Labute approximate surface area is 91.8 Å². The number of fused-ring (bicyclic) bond motifs is 1. The molecule has 1 aliphatic heterocycles. The molecule has 15 heavy (non-hydrogen) atoms. The van der Waals surface area contributed by atoms with E-state index in [1.54, 1.807) is 0 Å². The van der Waals surface area contributed by atoms with E-state index >= 15 is 0 Å². The molecular weight excluding hydrogens is 188 g/mol. The predicted octanol–water partition coefficient (Wildman–Crippen LogP) is -0.775. The second kappa shape index (κ2) is 3.49. The van der Waals surface area contributed by atoms with Gasteiger partial charge in [0.25, 0.3) is 0 Å². The molecule has 0 spiro atoms. The van der Waals surface area contributed by atoms with Crippen LogP contribution in [0.25, 0.3) is 0 Å². The number of hydrogen-bond acceptors (Lipinski definition) is 3. The van der Waals surface area contributed by atoms with Gasteiger partial charge in [0.1, 0.15) is 0 Å². The monoisotopic (exact) mass is 203 g/mol. The molecule has 1 atom stereocenters. The van der Waals surface area contributed by atoms with Crippen LogP contribution in [0.3, 0.4) is 0 Å². The van der Waals surface area contributed by atoms with Crippen LogP contribution in [0, 0.1) is 0 Å². The zero-order valence-corrected chi connectivity index (χ0v) is 9.41. The maximum Gasteiger partial charge on any atom is 0.197 e. The smallest absolute Gasteiger partial charge is 0.197 e. The number of nitrogens with two attached hydrogens (primary N) is 1. The van der Waals surface area contributed by atoms with Gasteiger partial charge in [0.05, 0.1) is 0 Å². The summed E-state index contributed by atoms with van der Waals surface area (Å²) in [5, 5.41) is 0. The molecule has 2 N–H and O–H groups in total. The van der Waals surface area contributed by atoms with Gasteiger partial charge < -0.3 is 15.2 Å². The van der Waals surface area contributed by atoms with Crippen molar-refractivity contribution < 1.29 is 9.47 Å². The molecule has 3 nitrogen and oxygen atoms in total. The molecular formula is C10H15B2NO2. The molecule has 0 saturated carbocycles. The van der Waals surface area contributed by atoms with Gasteiger partial charge in [-0.15, -0.1) is 0 Å². The van der Waals surface area contributed by atoms with Gasteiger partial charge in [0, 0.05) is 6.04 Å². The Morgan fingerprint density at radius 1 is 1.33 bits per heavy atom. The molecule has 1 aromatic rings. The molecule has 0 saturated heterocycles. The third-order valence-electron chi connectivity index (χ3n) is 2.28. The van der Waals surface area contributed by atoms with Gasteiger partial charge in [0.2, 0.25) is 0 Å². The normalized spacial score (nSPS) is 18.8. The third-order valence-corrected chi connectivity index (χ3v) is 2.28. The van der Waals surface area contributed by atoms with Crippen molar-refractivity contribution in [1.82, 2.24) is 0 Å². The fourth-order valence-corrected chi connectivity index (χ4v) is 1.77. The highest BCUT2D eigenvalue weighted by atomic mass is 16.7. The van der Waals surface area contributed by atoms with Crippen molar-refractivity contribution in [3.63, 3.8) is 0 Å². The molecule has 2 rings (SSSR count). The van der Waals surface area contributed by atoms with Crippen molar-refractivity contribution in [2.75, 3.05) is 0 Å². The molecule has 0 amide bonds. The Morgan fingerprint density at radius 3 is 2.67 bits per heavy atom. The van der Waals surface area contributed by atoms with Crippen molar-refractivity contribution in [3.05, 3.63) is 23.8 Å². The Bertz CT molecular complexity index is 380. The summed E-state index contributed by atoms with van der Waals surface area (Å²) in [6.07, 6.45) is 0.858. The van der Waals surface area contributed by atoms with Gasteiger partial charge in [-0.2, -0.15) is 0 Å². The molecule has 0 unspecified atom stereocenters. The molecule has 0 fully saturated rings. The standard InChI is InChI=1S/C10H15B2NO2/c1-6(13)4-7-2-3-8-9(5-7)15-10(11,12)14-8/h2-3,5-6H,4,11-13H2,1H3/t6-/m0/s1. The van der Waals surface area contributed by atoms with E-state index in [1.807, 2.05) is 40.8 Å².